The molecule has 0 atom stereocenters. The highest BCUT2D eigenvalue weighted by atomic mass is 16.5. The van der Waals surface area contributed by atoms with Crippen LogP contribution in [-0.2, 0) is 19.1 Å². The number of terminal acetylenes is 1. The van der Waals surface area contributed by atoms with E-state index in [-0.39, 0.29) is 37.0 Å². The third-order valence-electron chi connectivity index (χ3n) is 6.44. The molecular formula is C36H43N9O5. The van der Waals surface area contributed by atoms with Gasteiger partial charge in [0.25, 0.3) is 0 Å². The van der Waals surface area contributed by atoms with E-state index in [1.165, 1.54) is 19.5 Å². The number of ether oxygens (including phenoxy) is 2. The van der Waals surface area contributed by atoms with Crippen LogP contribution >= 0.6 is 0 Å². The van der Waals surface area contributed by atoms with Crippen molar-refractivity contribution < 1.29 is 23.9 Å². The second kappa shape index (κ2) is 20.2. The number of aromatic nitrogens is 4. The van der Waals surface area contributed by atoms with Crippen LogP contribution in [0.25, 0.3) is 0 Å². The number of benzene rings is 2. The second-order valence-corrected chi connectivity index (χ2v) is 11.0. The van der Waals surface area contributed by atoms with Crippen molar-refractivity contribution in [3.8, 4) is 12.3 Å². The average molecular weight is 682 g/mol. The molecule has 0 spiro atoms. The van der Waals surface area contributed by atoms with Gasteiger partial charge in [0.15, 0.2) is 5.82 Å². The van der Waals surface area contributed by atoms with E-state index in [2.05, 4.69) is 57.2 Å². The first kappa shape index (κ1) is 38.2. The Morgan fingerprint density at radius 2 is 1.50 bits per heavy atom. The standard InChI is InChI=1S/C19H25N5O3.C17H18N4O2/c1-4-11-20-18-15(23-16(25)9-10-17(26)27-3)12-21-19(24-18)22-14-7-5-13(2)6-8-14;1-4-10-18-15-14(16(22)23-12(2)3)11-19-17(21-15)20-13-8-6-5-7-9-13/h5-8,12H,4,9-11H2,1-3H3,(H,23,25)(H2,20,21,22,24);1,5-9,11-12H,10H2,2-3H3,(H2,18,19,20,21). The number of nitrogens with one attached hydrogen (secondary N) is 5. The zero-order valence-electron chi connectivity index (χ0n) is 28.9. The molecule has 0 saturated heterocycles. The van der Waals surface area contributed by atoms with Crippen LogP contribution in [0, 0.1) is 19.3 Å². The monoisotopic (exact) mass is 681 g/mol. The van der Waals surface area contributed by atoms with Crippen molar-refractivity contribution in [3.63, 3.8) is 0 Å². The summed E-state index contributed by atoms with van der Waals surface area (Å²) in [6, 6.07) is 17.4. The number of aryl methyl sites for hydroxylation is 1. The lowest BCUT2D eigenvalue weighted by Gasteiger charge is -2.13. The lowest BCUT2D eigenvalue weighted by molar-refractivity contribution is -0.141. The Morgan fingerprint density at radius 1 is 0.860 bits per heavy atom. The summed E-state index contributed by atoms with van der Waals surface area (Å²) in [6.45, 7) is 8.55. The molecule has 0 aliphatic carbocycles. The van der Waals surface area contributed by atoms with Gasteiger partial charge in [-0.3, -0.25) is 9.59 Å². The fraction of sp³-hybridized carbons (Fsp3) is 0.306. The Kier molecular flexibility index (Phi) is 15.4. The minimum absolute atomic E-state index is 0.0218. The van der Waals surface area contributed by atoms with E-state index in [1.54, 1.807) is 13.8 Å². The fourth-order valence-electron chi connectivity index (χ4n) is 4.00. The predicted octanol–water partition coefficient (Wildman–Crippen LogP) is 6.07. The molecular weight excluding hydrogens is 638 g/mol. The molecule has 0 aliphatic rings. The highest BCUT2D eigenvalue weighted by Gasteiger charge is 2.17. The number of carbonyl (C=O) groups excluding carboxylic acids is 3. The molecule has 0 bridgehead atoms. The van der Waals surface area contributed by atoms with E-state index in [0.717, 1.165) is 23.4 Å². The summed E-state index contributed by atoms with van der Waals surface area (Å²) in [5.74, 6) is 2.86. The van der Waals surface area contributed by atoms with Gasteiger partial charge in [-0.15, -0.1) is 6.42 Å². The van der Waals surface area contributed by atoms with Crippen LogP contribution in [0.2, 0.25) is 0 Å². The summed E-state index contributed by atoms with van der Waals surface area (Å²) in [7, 11) is 1.29. The van der Waals surface area contributed by atoms with Gasteiger partial charge in [0.2, 0.25) is 17.8 Å². The maximum Gasteiger partial charge on any atom is 0.343 e. The smallest absolute Gasteiger partial charge is 0.343 e. The van der Waals surface area contributed by atoms with Crippen LogP contribution in [0.15, 0.2) is 67.0 Å². The SMILES string of the molecule is C#CCNc1nc(Nc2ccccc2)ncc1C(=O)OC(C)C.CCCNc1nc(Nc2ccc(C)cc2)ncc1NC(=O)CCC(=O)OC. The number of methoxy groups -OCH3 is 1. The molecule has 0 fully saturated rings. The van der Waals surface area contributed by atoms with Gasteiger partial charge in [-0.2, -0.15) is 9.97 Å². The number of anilines is 7. The van der Waals surface area contributed by atoms with E-state index in [9.17, 15) is 14.4 Å². The molecule has 0 unspecified atom stereocenters. The van der Waals surface area contributed by atoms with E-state index in [1.807, 2.05) is 68.4 Å². The average Bonchev–Trinajstić information content (AvgIpc) is 3.11. The summed E-state index contributed by atoms with van der Waals surface area (Å²) in [5.41, 5.74) is 3.59. The predicted molar refractivity (Wildman–Crippen MR) is 195 cm³/mol. The highest BCUT2D eigenvalue weighted by molar-refractivity contribution is 5.95. The van der Waals surface area contributed by atoms with Gasteiger partial charge < -0.3 is 36.1 Å². The van der Waals surface area contributed by atoms with E-state index >= 15 is 0 Å². The molecule has 0 radical (unpaired) electrons. The zero-order chi connectivity index (χ0) is 36.3. The van der Waals surface area contributed by atoms with Crippen LogP contribution in [-0.4, -0.2) is 64.1 Å². The molecule has 4 aromatic rings. The number of esters is 2. The van der Waals surface area contributed by atoms with Gasteiger partial charge in [-0.1, -0.05) is 48.7 Å². The lowest BCUT2D eigenvalue weighted by atomic mass is 10.2. The molecule has 5 N–H and O–H groups in total. The van der Waals surface area contributed by atoms with Crippen LogP contribution in [0.3, 0.4) is 0 Å². The van der Waals surface area contributed by atoms with Gasteiger partial charge >= 0.3 is 11.9 Å². The number of hydrogen-bond donors (Lipinski definition) is 5. The topological polar surface area (TPSA) is 181 Å². The third-order valence-corrected chi connectivity index (χ3v) is 6.44. The normalized spacial score (nSPS) is 10.1. The van der Waals surface area contributed by atoms with Crippen molar-refractivity contribution in [2.45, 2.75) is 53.1 Å². The van der Waals surface area contributed by atoms with Gasteiger partial charge in [-0.05, 0) is 51.5 Å². The van der Waals surface area contributed by atoms with E-state index in [4.69, 9.17) is 11.2 Å². The Labute approximate surface area is 292 Å². The third kappa shape index (κ3) is 13.1. The molecule has 2 aromatic carbocycles. The minimum Gasteiger partial charge on any atom is -0.469 e. The number of carbonyl (C=O) groups is 3. The second-order valence-electron chi connectivity index (χ2n) is 11.0. The van der Waals surface area contributed by atoms with Gasteiger partial charge in [0, 0.05) is 30.5 Å². The molecule has 14 nitrogen and oxygen atoms in total. The van der Waals surface area contributed by atoms with Gasteiger partial charge in [0.05, 0.1) is 32.4 Å². The molecule has 2 heterocycles. The molecule has 14 heteroatoms. The largest absolute Gasteiger partial charge is 0.469 e. The fourth-order valence-corrected chi connectivity index (χ4v) is 4.00. The Balaban J connectivity index is 0.000000274. The van der Waals surface area contributed by atoms with Crippen LogP contribution < -0.4 is 26.6 Å². The van der Waals surface area contributed by atoms with Crippen LogP contribution in [0.5, 0.6) is 0 Å². The summed E-state index contributed by atoms with van der Waals surface area (Å²) in [6.07, 6.45) is 8.94. The van der Waals surface area contributed by atoms with Crippen LogP contribution in [0.1, 0.15) is 56.0 Å². The first-order valence-electron chi connectivity index (χ1n) is 16.0. The van der Waals surface area contributed by atoms with Gasteiger partial charge in [-0.25, -0.2) is 14.8 Å². The number of rotatable bonds is 15. The molecule has 50 heavy (non-hydrogen) atoms. The zero-order valence-corrected chi connectivity index (χ0v) is 28.9. The number of para-hydroxylation sites is 1. The first-order valence-corrected chi connectivity index (χ1v) is 16.0. The van der Waals surface area contributed by atoms with Crippen molar-refractivity contribution in [1.29, 1.82) is 0 Å². The Hall–Kier alpha value is -6.23. The quantitative estimate of drug-likeness (QED) is 0.0721. The number of amides is 1. The lowest BCUT2D eigenvalue weighted by Crippen LogP contribution is -2.17. The number of hydrogen-bond acceptors (Lipinski definition) is 13. The molecule has 4 rings (SSSR count). The van der Waals surface area contributed by atoms with E-state index < -0.39 is 11.9 Å². The maximum atomic E-state index is 12.1. The Bertz CT molecular complexity index is 1740. The first-order chi connectivity index (χ1) is 24.1. The molecule has 262 valence electrons. The summed E-state index contributed by atoms with van der Waals surface area (Å²) >= 11 is 0. The molecule has 0 saturated carbocycles. The molecule has 2 aromatic heterocycles. The molecule has 1 amide bonds. The molecule has 0 aliphatic heterocycles. The van der Waals surface area contributed by atoms with Crippen molar-refractivity contribution in [3.05, 3.63) is 78.1 Å². The minimum atomic E-state index is -0.495. The van der Waals surface area contributed by atoms with Crippen LogP contribution in [0.4, 0.5) is 40.6 Å². The highest BCUT2D eigenvalue weighted by Crippen LogP contribution is 2.23. The van der Waals surface area contributed by atoms with Crippen molar-refractivity contribution in [1.82, 2.24) is 19.9 Å². The summed E-state index contributed by atoms with van der Waals surface area (Å²) < 4.78 is 9.73. The van der Waals surface area contributed by atoms with Crippen molar-refractivity contribution in [2.75, 3.05) is 46.8 Å². The van der Waals surface area contributed by atoms with Crippen molar-refractivity contribution in [2.24, 2.45) is 0 Å². The Morgan fingerprint density at radius 3 is 2.12 bits per heavy atom. The van der Waals surface area contributed by atoms with E-state index in [0.29, 0.717) is 35.8 Å². The van der Waals surface area contributed by atoms with Crippen molar-refractivity contribution >= 4 is 58.4 Å². The summed E-state index contributed by atoms with van der Waals surface area (Å²) in [5, 5.41) is 15.0. The maximum absolute atomic E-state index is 12.1. The van der Waals surface area contributed by atoms with Gasteiger partial charge in [0.1, 0.15) is 17.1 Å². The number of nitrogens with zero attached hydrogens (tertiary/aromatic N) is 4. The summed E-state index contributed by atoms with van der Waals surface area (Å²) in [4.78, 5) is 52.5.